The summed E-state index contributed by atoms with van der Waals surface area (Å²) in [5.41, 5.74) is 8.30. The van der Waals surface area contributed by atoms with Gasteiger partial charge in [-0.3, -0.25) is 0 Å². The van der Waals surface area contributed by atoms with Gasteiger partial charge in [0.15, 0.2) is 0 Å². The van der Waals surface area contributed by atoms with Crippen LogP contribution < -0.4 is 15.4 Å². The molecular weight excluding hydrogens is 224 g/mol. The van der Waals surface area contributed by atoms with E-state index >= 15 is 0 Å². The summed E-state index contributed by atoms with van der Waals surface area (Å²) in [5, 5.41) is 0. The number of hydrogen-bond acceptors (Lipinski definition) is 3. The third-order valence-electron chi connectivity index (χ3n) is 3.89. The number of ether oxygens (including phenoxy) is 1. The molecule has 0 spiro atoms. The van der Waals surface area contributed by atoms with E-state index < -0.39 is 0 Å². The normalized spacial score (nSPS) is 20.6. The first-order valence-corrected chi connectivity index (χ1v) is 6.90. The van der Waals surface area contributed by atoms with Crippen LogP contribution in [0.25, 0.3) is 0 Å². The van der Waals surface area contributed by atoms with Crippen molar-refractivity contribution in [2.75, 3.05) is 18.6 Å². The van der Waals surface area contributed by atoms with Crippen LogP contribution in [-0.2, 0) is 6.54 Å². The molecule has 0 saturated carbocycles. The van der Waals surface area contributed by atoms with Gasteiger partial charge in [0.2, 0.25) is 0 Å². The van der Waals surface area contributed by atoms with Crippen LogP contribution >= 0.6 is 0 Å². The minimum atomic E-state index is 0.530. The third kappa shape index (κ3) is 2.61. The molecular formula is C15H24N2O. The molecule has 100 valence electrons. The zero-order valence-corrected chi connectivity index (χ0v) is 11.5. The maximum Gasteiger partial charge on any atom is 0.125 e. The van der Waals surface area contributed by atoms with Crippen molar-refractivity contribution in [1.82, 2.24) is 0 Å². The van der Waals surface area contributed by atoms with Crippen molar-refractivity contribution in [1.29, 1.82) is 0 Å². The molecule has 1 fully saturated rings. The Bertz CT molecular complexity index is 392. The predicted molar refractivity (Wildman–Crippen MR) is 76.2 cm³/mol. The highest BCUT2D eigenvalue weighted by atomic mass is 16.5. The topological polar surface area (TPSA) is 38.5 Å². The molecule has 3 nitrogen and oxygen atoms in total. The number of nitrogens with zero attached hydrogens (tertiary/aromatic N) is 1. The van der Waals surface area contributed by atoms with Crippen LogP contribution in [0, 0.1) is 0 Å². The molecule has 2 rings (SSSR count). The molecule has 18 heavy (non-hydrogen) atoms. The van der Waals surface area contributed by atoms with Crippen molar-refractivity contribution in [2.24, 2.45) is 5.73 Å². The fraction of sp³-hybridized carbons (Fsp3) is 0.600. The molecule has 0 radical (unpaired) electrons. The zero-order chi connectivity index (χ0) is 13.0. The molecule has 3 heteroatoms. The smallest absolute Gasteiger partial charge is 0.125 e. The largest absolute Gasteiger partial charge is 0.496 e. The van der Waals surface area contributed by atoms with Crippen molar-refractivity contribution >= 4 is 5.69 Å². The van der Waals surface area contributed by atoms with E-state index in [9.17, 15) is 0 Å². The van der Waals surface area contributed by atoms with Crippen LogP contribution in [0.5, 0.6) is 5.75 Å². The highest BCUT2D eigenvalue weighted by Gasteiger charge is 2.20. The second-order valence-electron chi connectivity index (χ2n) is 5.05. The number of hydrogen-bond donors (Lipinski definition) is 1. The summed E-state index contributed by atoms with van der Waals surface area (Å²) in [6.45, 7) is 3.97. The Hall–Kier alpha value is -1.22. The van der Waals surface area contributed by atoms with Gasteiger partial charge in [-0.1, -0.05) is 18.9 Å². The number of nitrogens with two attached hydrogens (primary N) is 1. The van der Waals surface area contributed by atoms with Gasteiger partial charge in [-0.05, 0) is 31.9 Å². The third-order valence-corrected chi connectivity index (χ3v) is 3.89. The molecule has 1 aliphatic rings. The molecule has 0 amide bonds. The Morgan fingerprint density at radius 1 is 1.33 bits per heavy atom. The molecule has 2 N–H and O–H groups in total. The van der Waals surface area contributed by atoms with Crippen molar-refractivity contribution < 1.29 is 4.74 Å². The van der Waals surface area contributed by atoms with Gasteiger partial charge in [-0.2, -0.15) is 0 Å². The Morgan fingerprint density at radius 3 is 2.89 bits per heavy atom. The lowest BCUT2D eigenvalue weighted by atomic mass is 10.1. The van der Waals surface area contributed by atoms with Gasteiger partial charge in [0.1, 0.15) is 5.75 Å². The number of benzene rings is 1. The number of anilines is 1. The van der Waals surface area contributed by atoms with Crippen molar-refractivity contribution in [3.05, 3.63) is 23.8 Å². The SMILES string of the molecule is COc1cccc(N2CCCCCC2C)c1CN. The first kappa shape index (κ1) is 13.2. The molecule has 1 aromatic carbocycles. The lowest BCUT2D eigenvalue weighted by Gasteiger charge is -2.31. The summed E-state index contributed by atoms with van der Waals surface area (Å²) in [6, 6.07) is 6.82. The van der Waals surface area contributed by atoms with Crippen LogP contribution in [-0.4, -0.2) is 19.7 Å². The van der Waals surface area contributed by atoms with Crippen molar-refractivity contribution in [2.45, 2.75) is 45.2 Å². The Kier molecular flexibility index (Phi) is 4.48. The summed E-state index contributed by atoms with van der Waals surface area (Å²) >= 11 is 0. The minimum Gasteiger partial charge on any atom is -0.496 e. The van der Waals surface area contributed by atoms with Crippen LogP contribution in [0.1, 0.15) is 38.2 Å². The lowest BCUT2D eigenvalue weighted by Crippen LogP contribution is -2.33. The zero-order valence-electron chi connectivity index (χ0n) is 11.5. The number of rotatable bonds is 3. The van der Waals surface area contributed by atoms with E-state index in [0.29, 0.717) is 12.6 Å². The van der Waals surface area contributed by atoms with E-state index in [-0.39, 0.29) is 0 Å². The Morgan fingerprint density at radius 2 is 2.17 bits per heavy atom. The monoisotopic (exact) mass is 248 g/mol. The quantitative estimate of drug-likeness (QED) is 0.894. The highest BCUT2D eigenvalue weighted by Crippen LogP contribution is 2.32. The summed E-state index contributed by atoms with van der Waals surface area (Å²) in [7, 11) is 1.71. The highest BCUT2D eigenvalue weighted by molar-refractivity contribution is 5.60. The molecule has 1 saturated heterocycles. The minimum absolute atomic E-state index is 0.530. The maximum atomic E-state index is 5.91. The van der Waals surface area contributed by atoms with Crippen LogP contribution in [0.15, 0.2) is 18.2 Å². The second-order valence-corrected chi connectivity index (χ2v) is 5.05. The first-order valence-electron chi connectivity index (χ1n) is 6.90. The van der Waals surface area contributed by atoms with E-state index in [1.54, 1.807) is 7.11 Å². The summed E-state index contributed by atoms with van der Waals surface area (Å²) in [5.74, 6) is 0.909. The fourth-order valence-corrected chi connectivity index (χ4v) is 2.85. The molecule has 0 aliphatic carbocycles. The van der Waals surface area contributed by atoms with E-state index in [4.69, 9.17) is 10.5 Å². The summed E-state index contributed by atoms with van der Waals surface area (Å²) in [6.07, 6.45) is 5.20. The van der Waals surface area contributed by atoms with E-state index in [1.807, 2.05) is 6.07 Å². The molecule has 1 aromatic rings. The van der Waals surface area contributed by atoms with E-state index in [1.165, 1.54) is 31.4 Å². The average molecular weight is 248 g/mol. The first-order chi connectivity index (χ1) is 8.77. The fourth-order valence-electron chi connectivity index (χ4n) is 2.85. The Labute approximate surface area is 110 Å². The molecule has 1 atom stereocenters. The average Bonchev–Trinajstić information content (AvgIpc) is 2.62. The van der Waals surface area contributed by atoms with Crippen LogP contribution in [0.2, 0.25) is 0 Å². The molecule has 1 heterocycles. The van der Waals surface area contributed by atoms with Gasteiger partial charge in [-0.15, -0.1) is 0 Å². The van der Waals surface area contributed by atoms with Crippen LogP contribution in [0.4, 0.5) is 5.69 Å². The van der Waals surface area contributed by atoms with E-state index in [0.717, 1.165) is 17.9 Å². The van der Waals surface area contributed by atoms with Crippen LogP contribution in [0.3, 0.4) is 0 Å². The van der Waals surface area contributed by atoms with Gasteiger partial charge in [0.05, 0.1) is 7.11 Å². The summed E-state index contributed by atoms with van der Waals surface area (Å²) < 4.78 is 5.43. The molecule has 1 unspecified atom stereocenters. The standard InChI is InChI=1S/C15H24N2O/c1-12-7-4-3-5-10-17(12)14-8-6-9-15(18-2)13(14)11-16/h6,8-9,12H,3-5,7,10-11,16H2,1-2H3. The molecule has 0 bridgehead atoms. The van der Waals surface area contributed by atoms with Gasteiger partial charge in [0, 0.05) is 30.4 Å². The summed E-state index contributed by atoms with van der Waals surface area (Å²) in [4.78, 5) is 2.50. The van der Waals surface area contributed by atoms with Crippen molar-refractivity contribution in [3.8, 4) is 5.75 Å². The second kappa shape index (κ2) is 6.10. The van der Waals surface area contributed by atoms with Crippen molar-refractivity contribution in [3.63, 3.8) is 0 Å². The van der Waals surface area contributed by atoms with Gasteiger partial charge < -0.3 is 15.4 Å². The maximum absolute atomic E-state index is 5.91. The molecule has 1 aliphatic heterocycles. The predicted octanol–water partition coefficient (Wildman–Crippen LogP) is 2.92. The number of methoxy groups -OCH3 is 1. The Balaban J connectivity index is 2.36. The molecule has 0 aromatic heterocycles. The van der Waals surface area contributed by atoms with Gasteiger partial charge in [-0.25, -0.2) is 0 Å². The van der Waals surface area contributed by atoms with E-state index in [2.05, 4.69) is 24.0 Å². The van der Waals surface area contributed by atoms with Gasteiger partial charge >= 0.3 is 0 Å². The van der Waals surface area contributed by atoms with Gasteiger partial charge in [0.25, 0.3) is 0 Å². The lowest BCUT2D eigenvalue weighted by molar-refractivity contribution is 0.409.